The van der Waals surface area contributed by atoms with Gasteiger partial charge in [0.1, 0.15) is 0 Å². The molecule has 0 aromatic rings. The minimum atomic E-state index is -0.730. The van der Waals surface area contributed by atoms with Crippen molar-refractivity contribution in [2.75, 3.05) is 0 Å². The molecule has 0 spiro atoms. The van der Waals surface area contributed by atoms with E-state index in [1.54, 1.807) is 0 Å². The van der Waals surface area contributed by atoms with Crippen LogP contribution in [0.1, 0.15) is 65.7 Å². The van der Waals surface area contributed by atoms with Crippen LogP contribution in [0.2, 0.25) is 0 Å². The lowest BCUT2D eigenvalue weighted by Gasteiger charge is -2.60. The fourth-order valence-corrected chi connectivity index (χ4v) is 7.95. The van der Waals surface area contributed by atoms with Crippen molar-refractivity contribution in [1.29, 1.82) is 0 Å². The highest BCUT2D eigenvalue weighted by Gasteiger charge is 2.62. The van der Waals surface area contributed by atoms with Gasteiger partial charge in [-0.3, -0.25) is 4.79 Å². The van der Waals surface area contributed by atoms with Gasteiger partial charge < -0.3 is 15.3 Å². The fourth-order valence-electron chi connectivity index (χ4n) is 7.95. The number of hydrogen-bond acceptors (Lipinski definition) is 3. The normalized spacial score (nSPS) is 52.6. The van der Waals surface area contributed by atoms with E-state index in [-0.39, 0.29) is 41.3 Å². The summed E-state index contributed by atoms with van der Waals surface area (Å²) in [7, 11) is 0. The van der Waals surface area contributed by atoms with E-state index >= 15 is 0 Å². The molecule has 4 heteroatoms. The molecule has 3 saturated carbocycles. The second-order valence-corrected chi connectivity index (χ2v) is 10.6. The van der Waals surface area contributed by atoms with Crippen LogP contribution >= 0.6 is 0 Å². The first-order valence-electron chi connectivity index (χ1n) is 10.9. The first-order valence-corrected chi connectivity index (χ1v) is 10.9. The number of aliphatic carboxylic acids is 1. The second kappa shape index (κ2) is 6.59. The average Bonchev–Trinajstić information content (AvgIpc) is 2.95. The Morgan fingerprint density at radius 1 is 1.11 bits per heavy atom. The molecule has 4 aliphatic rings. The number of hydrogen-bond donors (Lipinski definition) is 3. The van der Waals surface area contributed by atoms with Gasteiger partial charge in [-0.05, 0) is 84.9 Å². The molecule has 27 heavy (non-hydrogen) atoms. The highest BCUT2D eigenvalue weighted by molar-refractivity contribution is 5.67. The van der Waals surface area contributed by atoms with E-state index < -0.39 is 5.97 Å². The molecule has 0 aromatic heterocycles. The quantitative estimate of drug-likeness (QED) is 0.654. The third kappa shape index (κ3) is 2.81. The number of aliphatic hydroxyl groups excluding tert-OH is 2. The lowest BCUT2D eigenvalue weighted by molar-refractivity contribution is -0.149. The van der Waals surface area contributed by atoms with E-state index in [1.165, 1.54) is 0 Å². The summed E-state index contributed by atoms with van der Waals surface area (Å²) in [6.45, 7) is 6.68. The van der Waals surface area contributed by atoms with E-state index in [2.05, 4.69) is 32.9 Å². The third-order valence-electron chi connectivity index (χ3n) is 9.50. The maximum Gasteiger partial charge on any atom is 0.303 e. The van der Waals surface area contributed by atoms with Gasteiger partial charge in [0, 0.05) is 6.42 Å². The number of fused-ring (bicyclic) bond motifs is 5. The second-order valence-electron chi connectivity index (χ2n) is 10.6. The Morgan fingerprint density at radius 3 is 2.56 bits per heavy atom. The highest BCUT2D eigenvalue weighted by atomic mass is 16.4. The van der Waals surface area contributed by atoms with Gasteiger partial charge in [-0.25, -0.2) is 0 Å². The molecule has 4 rings (SSSR count). The van der Waals surface area contributed by atoms with Crippen LogP contribution in [0.3, 0.4) is 0 Å². The Morgan fingerprint density at radius 2 is 1.85 bits per heavy atom. The number of carboxylic acid groups (broad SMARTS) is 1. The lowest BCUT2D eigenvalue weighted by Crippen LogP contribution is -2.57. The molecule has 4 nitrogen and oxygen atoms in total. The van der Waals surface area contributed by atoms with Gasteiger partial charge in [0.15, 0.2) is 0 Å². The summed E-state index contributed by atoms with van der Waals surface area (Å²) in [6, 6.07) is 0. The topological polar surface area (TPSA) is 77.8 Å². The van der Waals surface area contributed by atoms with Crippen molar-refractivity contribution in [2.45, 2.75) is 77.9 Å². The number of carboxylic acids is 1. The van der Waals surface area contributed by atoms with Crippen LogP contribution in [0.25, 0.3) is 0 Å². The summed E-state index contributed by atoms with van der Waals surface area (Å²) in [5.41, 5.74) is -0.0104. The monoisotopic (exact) mass is 376 g/mol. The first-order chi connectivity index (χ1) is 12.7. The van der Waals surface area contributed by atoms with Crippen molar-refractivity contribution in [3.05, 3.63) is 12.2 Å². The Kier molecular flexibility index (Phi) is 4.74. The molecule has 0 amide bonds. The zero-order chi connectivity index (χ0) is 19.6. The van der Waals surface area contributed by atoms with E-state index in [9.17, 15) is 20.1 Å². The number of allylic oxidation sites excluding steroid dienone is 2. The Balaban J connectivity index is 1.64. The number of rotatable bonds is 3. The predicted molar refractivity (Wildman–Crippen MR) is 104 cm³/mol. The molecule has 3 N–H and O–H groups in total. The standard InChI is InChI=1S/C23H36O4/c1-13(10-21(26)27)17-6-7-18-16-5-4-14-11-15(24)8-9-22(14,2)19(16)12-20(25)23(17,18)3/h4-5,13-20,24-25H,6-12H2,1-3H3,(H,26,27)/t13-,14-,15-,16-,17+,18-,19-,20+,22-,23+/m0/s1. The van der Waals surface area contributed by atoms with Crippen LogP contribution in [0.4, 0.5) is 0 Å². The number of carbonyl (C=O) groups is 1. The third-order valence-corrected chi connectivity index (χ3v) is 9.50. The Hall–Kier alpha value is -0.870. The molecule has 4 aliphatic carbocycles. The van der Waals surface area contributed by atoms with Gasteiger partial charge >= 0.3 is 5.97 Å². The van der Waals surface area contributed by atoms with Gasteiger partial charge in [0.25, 0.3) is 0 Å². The van der Waals surface area contributed by atoms with Gasteiger partial charge in [-0.15, -0.1) is 0 Å². The van der Waals surface area contributed by atoms with Crippen LogP contribution in [-0.4, -0.2) is 33.5 Å². The highest BCUT2D eigenvalue weighted by Crippen LogP contribution is 2.66. The van der Waals surface area contributed by atoms with E-state index in [0.29, 0.717) is 23.7 Å². The molecule has 152 valence electrons. The maximum absolute atomic E-state index is 11.4. The lowest BCUT2D eigenvalue weighted by atomic mass is 9.45. The van der Waals surface area contributed by atoms with Crippen molar-refractivity contribution < 1.29 is 20.1 Å². The van der Waals surface area contributed by atoms with Gasteiger partial charge in [0.05, 0.1) is 12.2 Å². The van der Waals surface area contributed by atoms with Crippen LogP contribution in [0.15, 0.2) is 12.2 Å². The van der Waals surface area contributed by atoms with E-state index in [0.717, 1.165) is 38.5 Å². The molecule has 0 aromatic carbocycles. The minimum absolute atomic E-state index is 0.101. The largest absolute Gasteiger partial charge is 0.481 e. The molecule has 10 atom stereocenters. The summed E-state index contributed by atoms with van der Waals surface area (Å²) in [6.07, 6.45) is 10.2. The Bertz CT molecular complexity index is 630. The molecule has 0 radical (unpaired) electrons. The summed E-state index contributed by atoms with van der Waals surface area (Å²) in [5.74, 6) is 1.46. The zero-order valence-electron chi connectivity index (χ0n) is 17.0. The SMILES string of the molecule is C[C@@H](CC(=O)O)[C@H]1CC[C@H]2[C@@H]3C=C[C@H]4C[C@@H](O)CC[C@]4(C)[C@H]3C[C@@H](O)[C@]12C. The average molecular weight is 377 g/mol. The van der Waals surface area contributed by atoms with E-state index in [4.69, 9.17) is 0 Å². The maximum atomic E-state index is 11.4. The molecular weight excluding hydrogens is 340 g/mol. The van der Waals surface area contributed by atoms with Gasteiger partial charge in [-0.1, -0.05) is 32.9 Å². The smallest absolute Gasteiger partial charge is 0.303 e. The molecule has 0 unspecified atom stereocenters. The number of aliphatic hydroxyl groups is 2. The summed E-state index contributed by atoms with van der Waals surface area (Å²) < 4.78 is 0. The van der Waals surface area contributed by atoms with Crippen molar-refractivity contribution in [3.8, 4) is 0 Å². The van der Waals surface area contributed by atoms with E-state index in [1.807, 2.05) is 0 Å². The van der Waals surface area contributed by atoms with Crippen LogP contribution < -0.4 is 0 Å². The van der Waals surface area contributed by atoms with Crippen molar-refractivity contribution >= 4 is 5.97 Å². The summed E-state index contributed by atoms with van der Waals surface area (Å²) >= 11 is 0. The molecule has 0 saturated heterocycles. The van der Waals surface area contributed by atoms with Crippen molar-refractivity contribution in [3.63, 3.8) is 0 Å². The zero-order valence-corrected chi connectivity index (χ0v) is 17.0. The van der Waals surface area contributed by atoms with Crippen molar-refractivity contribution in [1.82, 2.24) is 0 Å². The fraction of sp³-hybridized carbons (Fsp3) is 0.870. The van der Waals surface area contributed by atoms with Crippen molar-refractivity contribution in [2.24, 2.45) is 46.3 Å². The Labute approximate surface area is 163 Å². The molecule has 3 fully saturated rings. The van der Waals surface area contributed by atoms with Crippen LogP contribution in [-0.2, 0) is 4.79 Å². The van der Waals surface area contributed by atoms with Crippen LogP contribution in [0.5, 0.6) is 0 Å². The molecule has 0 bridgehead atoms. The molecule has 0 aliphatic heterocycles. The van der Waals surface area contributed by atoms with Gasteiger partial charge in [-0.2, -0.15) is 0 Å². The summed E-state index contributed by atoms with van der Waals surface area (Å²) in [5, 5.41) is 30.8. The molecular formula is C23H36O4. The van der Waals surface area contributed by atoms with Crippen LogP contribution in [0, 0.1) is 46.3 Å². The first kappa shape index (κ1) is 19.4. The van der Waals surface area contributed by atoms with Gasteiger partial charge in [0.2, 0.25) is 0 Å². The minimum Gasteiger partial charge on any atom is -0.481 e. The summed E-state index contributed by atoms with van der Waals surface area (Å²) in [4.78, 5) is 11.3. The predicted octanol–water partition coefficient (Wildman–Crippen LogP) is 3.86. The molecule has 0 heterocycles.